The lowest BCUT2D eigenvalue weighted by Crippen LogP contribution is -2.08. The Kier molecular flexibility index (Phi) is 4.58. The quantitative estimate of drug-likeness (QED) is 0.889. The van der Waals surface area contributed by atoms with E-state index in [1.165, 1.54) is 11.1 Å². The number of rotatable bonds is 5. The van der Waals surface area contributed by atoms with E-state index >= 15 is 0 Å². The van der Waals surface area contributed by atoms with Crippen LogP contribution in [0.25, 0.3) is 0 Å². The molecule has 0 aliphatic rings. The molecule has 0 amide bonds. The molecular weight excluding hydrogens is 236 g/mol. The standard InChI is InChI=1S/C17H20O2/c1-13-6-5-8-14(10-13)16(12-18)11-15-7-3-4-9-17(15)19-2/h3-10,16,18H,11-12H2,1-2H3. The molecule has 0 fully saturated rings. The monoisotopic (exact) mass is 256 g/mol. The van der Waals surface area contributed by atoms with Crippen LogP contribution < -0.4 is 4.74 Å². The highest BCUT2D eigenvalue weighted by Gasteiger charge is 2.13. The maximum Gasteiger partial charge on any atom is 0.122 e. The van der Waals surface area contributed by atoms with Crippen LogP contribution in [-0.4, -0.2) is 18.8 Å². The van der Waals surface area contributed by atoms with Crippen LogP contribution in [0.2, 0.25) is 0 Å². The summed E-state index contributed by atoms with van der Waals surface area (Å²) in [7, 11) is 1.68. The van der Waals surface area contributed by atoms with Gasteiger partial charge in [0.05, 0.1) is 13.7 Å². The van der Waals surface area contributed by atoms with Crippen molar-refractivity contribution < 1.29 is 9.84 Å². The lowest BCUT2D eigenvalue weighted by atomic mass is 9.91. The van der Waals surface area contributed by atoms with Crippen LogP contribution in [0, 0.1) is 6.92 Å². The maximum absolute atomic E-state index is 9.65. The molecule has 19 heavy (non-hydrogen) atoms. The van der Waals surface area contributed by atoms with Crippen molar-refractivity contribution in [3.63, 3.8) is 0 Å². The number of methoxy groups -OCH3 is 1. The van der Waals surface area contributed by atoms with Crippen molar-refractivity contribution in [3.8, 4) is 5.75 Å². The van der Waals surface area contributed by atoms with Crippen LogP contribution in [0.3, 0.4) is 0 Å². The fourth-order valence-corrected chi connectivity index (χ4v) is 2.35. The molecule has 0 spiro atoms. The second-order valence-electron chi connectivity index (χ2n) is 4.81. The third kappa shape index (κ3) is 3.36. The second kappa shape index (κ2) is 6.39. The summed E-state index contributed by atoms with van der Waals surface area (Å²) in [6.07, 6.45) is 0.782. The van der Waals surface area contributed by atoms with Gasteiger partial charge in [0.15, 0.2) is 0 Å². The predicted octanol–water partition coefficient (Wildman–Crippen LogP) is 3.32. The molecule has 1 unspecified atom stereocenters. The number of aliphatic hydroxyl groups excluding tert-OH is 1. The van der Waals surface area contributed by atoms with Gasteiger partial charge in [-0.2, -0.15) is 0 Å². The third-order valence-electron chi connectivity index (χ3n) is 3.39. The summed E-state index contributed by atoms with van der Waals surface area (Å²) in [6, 6.07) is 16.3. The molecule has 100 valence electrons. The number of hydrogen-bond donors (Lipinski definition) is 1. The van der Waals surface area contributed by atoms with Crippen molar-refractivity contribution in [2.24, 2.45) is 0 Å². The summed E-state index contributed by atoms with van der Waals surface area (Å²) in [6.45, 7) is 2.21. The molecule has 1 N–H and O–H groups in total. The van der Waals surface area contributed by atoms with E-state index < -0.39 is 0 Å². The predicted molar refractivity (Wildman–Crippen MR) is 77.7 cm³/mol. The Morgan fingerprint density at radius 1 is 1.11 bits per heavy atom. The summed E-state index contributed by atoms with van der Waals surface area (Å²) >= 11 is 0. The van der Waals surface area contributed by atoms with E-state index in [0.29, 0.717) is 0 Å². The Morgan fingerprint density at radius 3 is 2.58 bits per heavy atom. The molecule has 2 nitrogen and oxygen atoms in total. The summed E-state index contributed by atoms with van der Waals surface area (Å²) < 4.78 is 5.37. The van der Waals surface area contributed by atoms with Crippen LogP contribution in [-0.2, 0) is 6.42 Å². The first kappa shape index (κ1) is 13.6. The Balaban J connectivity index is 2.24. The molecular formula is C17H20O2. The van der Waals surface area contributed by atoms with Crippen molar-refractivity contribution in [1.29, 1.82) is 0 Å². The smallest absolute Gasteiger partial charge is 0.122 e. The number of ether oxygens (including phenoxy) is 1. The molecule has 1 atom stereocenters. The van der Waals surface area contributed by atoms with Crippen LogP contribution >= 0.6 is 0 Å². The van der Waals surface area contributed by atoms with Gasteiger partial charge in [-0.3, -0.25) is 0 Å². The highest BCUT2D eigenvalue weighted by Crippen LogP contribution is 2.26. The molecule has 2 aromatic rings. The van der Waals surface area contributed by atoms with Crippen LogP contribution in [0.1, 0.15) is 22.6 Å². The van der Waals surface area contributed by atoms with Crippen LogP contribution in [0.15, 0.2) is 48.5 Å². The van der Waals surface area contributed by atoms with Crippen molar-refractivity contribution in [2.45, 2.75) is 19.3 Å². The summed E-state index contributed by atoms with van der Waals surface area (Å²) in [4.78, 5) is 0. The van der Waals surface area contributed by atoms with Gasteiger partial charge in [-0.25, -0.2) is 0 Å². The zero-order chi connectivity index (χ0) is 13.7. The number of aliphatic hydroxyl groups is 1. The molecule has 0 saturated heterocycles. The minimum Gasteiger partial charge on any atom is -0.496 e. The minimum absolute atomic E-state index is 0.108. The SMILES string of the molecule is COc1ccccc1CC(CO)c1cccc(C)c1. The second-order valence-corrected chi connectivity index (χ2v) is 4.81. The molecule has 2 rings (SSSR count). The lowest BCUT2D eigenvalue weighted by molar-refractivity contribution is 0.263. The van der Waals surface area contributed by atoms with Crippen molar-refractivity contribution in [2.75, 3.05) is 13.7 Å². The van der Waals surface area contributed by atoms with Crippen LogP contribution in [0.5, 0.6) is 5.75 Å². The van der Waals surface area contributed by atoms with Gasteiger partial charge in [-0.1, -0.05) is 48.0 Å². The van der Waals surface area contributed by atoms with Gasteiger partial charge < -0.3 is 9.84 Å². The topological polar surface area (TPSA) is 29.5 Å². The van der Waals surface area contributed by atoms with E-state index in [1.807, 2.05) is 24.3 Å². The first-order valence-corrected chi connectivity index (χ1v) is 6.54. The number of benzene rings is 2. The molecule has 0 aliphatic heterocycles. The minimum atomic E-state index is 0.108. The van der Waals surface area contributed by atoms with E-state index in [2.05, 4.69) is 31.2 Å². The summed E-state index contributed by atoms with van der Waals surface area (Å²) in [5.74, 6) is 0.991. The normalized spacial score (nSPS) is 12.2. The highest BCUT2D eigenvalue weighted by molar-refractivity contribution is 5.36. The number of para-hydroxylation sites is 1. The molecule has 0 bridgehead atoms. The largest absolute Gasteiger partial charge is 0.496 e. The van der Waals surface area contributed by atoms with Gasteiger partial charge in [0.2, 0.25) is 0 Å². The Labute approximate surface area is 114 Å². The fraction of sp³-hybridized carbons (Fsp3) is 0.294. The van der Waals surface area contributed by atoms with E-state index in [4.69, 9.17) is 4.74 Å². The number of hydrogen-bond acceptors (Lipinski definition) is 2. The number of aryl methyl sites for hydroxylation is 1. The maximum atomic E-state index is 9.65. The van der Waals surface area contributed by atoms with Crippen LogP contribution in [0.4, 0.5) is 0 Å². The fourth-order valence-electron chi connectivity index (χ4n) is 2.35. The molecule has 0 heterocycles. The highest BCUT2D eigenvalue weighted by atomic mass is 16.5. The van der Waals surface area contributed by atoms with Gasteiger partial charge in [0, 0.05) is 5.92 Å². The molecule has 2 aromatic carbocycles. The van der Waals surface area contributed by atoms with E-state index in [-0.39, 0.29) is 12.5 Å². The third-order valence-corrected chi connectivity index (χ3v) is 3.39. The van der Waals surface area contributed by atoms with Crippen molar-refractivity contribution >= 4 is 0 Å². The van der Waals surface area contributed by atoms with Gasteiger partial charge >= 0.3 is 0 Å². The van der Waals surface area contributed by atoms with Gasteiger partial charge in [-0.15, -0.1) is 0 Å². The molecule has 0 aromatic heterocycles. The van der Waals surface area contributed by atoms with Crippen molar-refractivity contribution in [3.05, 3.63) is 65.2 Å². The summed E-state index contributed by atoms with van der Waals surface area (Å²) in [5.41, 5.74) is 3.52. The summed E-state index contributed by atoms with van der Waals surface area (Å²) in [5, 5.41) is 9.65. The first-order valence-electron chi connectivity index (χ1n) is 6.54. The zero-order valence-electron chi connectivity index (χ0n) is 11.5. The Bertz CT molecular complexity index is 534. The van der Waals surface area contributed by atoms with E-state index in [0.717, 1.165) is 17.7 Å². The van der Waals surface area contributed by atoms with Gasteiger partial charge in [0.25, 0.3) is 0 Å². The van der Waals surface area contributed by atoms with E-state index in [9.17, 15) is 5.11 Å². The van der Waals surface area contributed by atoms with Crippen molar-refractivity contribution in [1.82, 2.24) is 0 Å². The Hall–Kier alpha value is -1.80. The zero-order valence-corrected chi connectivity index (χ0v) is 11.5. The van der Waals surface area contributed by atoms with Gasteiger partial charge in [0.1, 0.15) is 5.75 Å². The average Bonchev–Trinajstić information content (AvgIpc) is 2.45. The molecule has 0 saturated carbocycles. The Morgan fingerprint density at radius 2 is 1.89 bits per heavy atom. The first-order chi connectivity index (χ1) is 9.24. The lowest BCUT2D eigenvalue weighted by Gasteiger charge is -2.17. The molecule has 2 heteroatoms. The average molecular weight is 256 g/mol. The molecule has 0 radical (unpaired) electrons. The molecule has 0 aliphatic carbocycles. The van der Waals surface area contributed by atoms with Gasteiger partial charge in [-0.05, 0) is 30.5 Å². The van der Waals surface area contributed by atoms with E-state index in [1.54, 1.807) is 7.11 Å².